The van der Waals surface area contributed by atoms with E-state index < -0.39 is 6.10 Å². The third kappa shape index (κ3) is 58.3. The van der Waals surface area contributed by atoms with Crippen LogP contribution >= 0.6 is 0 Å². The van der Waals surface area contributed by atoms with Crippen molar-refractivity contribution in [3.63, 3.8) is 0 Å². The lowest BCUT2D eigenvalue weighted by atomic mass is 10.1. The Balaban J connectivity index is 4.52. The van der Waals surface area contributed by atoms with Crippen molar-refractivity contribution in [2.75, 3.05) is 13.2 Å². The number of hydrogen-bond donors (Lipinski definition) is 0. The maximum atomic E-state index is 12.9. The van der Waals surface area contributed by atoms with Crippen LogP contribution in [0.4, 0.5) is 0 Å². The van der Waals surface area contributed by atoms with Crippen molar-refractivity contribution >= 4 is 17.9 Å². The Kier molecular flexibility index (Phi) is 56.4. The second kappa shape index (κ2) is 60.1. The summed E-state index contributed by atoms with van der Waals surface area (Å²) in [5.74, 6) is -0.969. The van der Waals surface area contributed by atoms with Crippen LogP contribution in [0.5, 0.6) is 0 Å². The van der Waals surface area contributed by atoms with Crippen LogP contribution in [0.25, 0.3) is 0 Å². The number of carbonyl (C=O) groups excluding carboxylic acids is 3. The molecule has 0 aromatic rings. The van der Waals surface area contributed by atoms with Gasteiger partial charge in [0.05, 0.1) is 0 Å². The van der Waals surface area contributed by atoms with Crippen molar-refractivity contribution < 1.29 is 28.6 Å². The standard InChI is InChI=1S/C67H108O6/c1-4-7-10-13-16-19-22-25-28-31-33-36-39-42-45-48-51-54-57-60-66(69)72-63-64(62-71-65(68)59-56-53-50-47-44-41-38-35-30-27-24-21-18-15-12-9-6-3)73-67(70)61-58-55-52-49-46-43-40-37-34-32-29-26-23-20-17-14-11-8-5-2/h8-9,11-12,16-21,25-30,34,37-38,41,43,46,64H,4-7,10,13-15,22-24,31-33,35-36,39-40,42,44-45,47-63H2,1-3H3/b11-8-,12-9-,19-16-,20-17-,21-18-,28-25-,29-26-,30-27-,37-34-,41-38-,46-43-/t64-/m1/s1. The van der Waals surface area contributed by atoms with Crippen LogP contribution in [-0.4, -0.2) is 37.2 Å². The number of rotatable bonds is 52. The van der Waals surface area contributed by atoms with E-state index >= 15 is 0 Å². The minimum Gasteiger partial charge on any atom is -0.462 e. The fourth-order valence-electron chi connectivity index (χ4n) is 7.72. The summed E-state index contributed by atoms with van der Waals surface area (Å²) in [6, 6.07) is 0. The normalized spacial score (nSPS) is 13.1. The number of unbranched alkanes of at least 4 members (excludes halogenated alkanes) is 19. The average Bonchev–Trinajstić information content (AvgIpc) is 3.39. The number of esters is 3. The maximum absolute atomic E-state index is 12.9. The van der Waals surface area contributed by atoms with E-state index in [-0.39, 0.29) is 37.5 Å². The van der Waals surface area contributed by atoms with Gasteiger partial charge in [-0.2, -0.15) is 0 Å². The van der Waals surface area contributed by atoms with Gasteiger partial charge < -0.3 is 14.2 Å². The lowest BCUT2D eigenvalue weighted by molar-refractivity contribution is -0.167. The summed E-state index contributed by atoms with van der Waals surface area (Å²) >= 11 is 0. The summed E-state index contributed by atoms with van der Waals surface area (Å²) in [6.07, 6.45) is 84.4. The van der Waals surface area contributed by atoms with Gasteiger partial charge in [-0.15, -0.1) is 0 Å². The Labute approximate surface area is 449 Å². The molecular weight excluding hydrogens is 901 g/mol. The van der Waals surface area contributed by atoms with Crippen LogP contribution in [0.2, 0.25) is 0 Å². The number of hydrogen-bond acceptors (Lipinski definition) is 6. The number of carbonyl (C=O) groups is 3. The van der Waals surface area contributed by atoms with E-state index in [0.29, 0.717) is 19.3 Å². The summed E-state index contributed by atoms with van der Waals surface area (Å²) in [7, 11) is 0. The minimum absolute atomic E-state index is 0.106. The molecule has 0 fully saturated rings. The molecule has 6 heteroatoms. The van der Waals surface area contributed by atoms with Crippen LogP contribution in [0.15, 0.2) is 134 Å². The molecule has 73 heavy (non-hydrogen) atoms. The first-order valence-corrected chi connectivity index (χ1v) is 29.7. The van der Waals surface area contributed by atoms with Crippen LogP contribution in [-0.2, 0) is 28.6 Å². The second-order valence-electron chi connectivity index (χ2n) is 19.1. The first-order valence-electron chi connectivity index (χ1n) is 29.7. The third-order valence-electron chi connectivity index (χ3n) is 12.1. The quantitative estimate of drug-likeness (QED) is 0.0261. The van der Waals surface area contributed by atoms with Gasteiger partial charge in [0, 0.05) is 19.3 Å². The molecule has 0 unspecified atom stereocenters. The fourth-order valence-corrected chi connectivity index (χ4v) is 7.72. The minimum atomic E-state index is -0.814. The molecule has 0 saturated carbocycles. The summed E-state index contributed by atoms with van der Waals surface area (Å²) in [4.78, 5) is 38.2. The highest BCUT2D eigenvalue weighted by atomic mass is 16.6. The van der Waals surface area contributed by atoms with Crippen molar-refractivity contribution in [1.29, 1.82) is 0 Å². The average molecular weight is 1010 g/mol. The Morgan fingerprint density at radius 3 is 0.849 bits per heavy atom. The molecule has 0 rings (SSSR count). The molecule has 0 N–H and O–H groups in total. The Hall–Kier alpha value is -4.45. The summed E-state index contributed by atoms with van der Waals surface area (Å²) in [5, 5.41) is 0. The molecule has 0 aliphatic carbocycles. The smallest absolute Gasteiger partial charge is 0.306 e. The van der Waals surface area contributed by atoms with E-state index in [1.165, 1.54) is 70.6 Å². The Bertz CT molecular complexity index is 1580. The number of allylic oxidation sites excluding steroid dienone is 22. The summed E-state index contributed by atoms with van der Waals surface area (Å²) in [6.45, 7) is 6.34. The maximum Gasteiger partial charge on any atom is 0.306 e. The molecule has 6 nitrogen and oxygen atoms in total. The van der Waals surface area contributed by atoms with Gasteiger partial charge in [0.25, 0.3) is 0 Å². The zero-order valence-corrected chi connectivity index (χ0v) is 47.1. The molecule has 0 aliphatic heterocycles. The monoisotopic (exact) mass is 1010 g/mol. The Morgan fingerprint density at radius 2 is 0.534 bits per heavy atom. The lowest BCUT2D eigenvalue weighted by Gasteiger charge is -2.18. The van der Waals surface area contributed by atoms with E-state index in [9.17, 15) is 14.4 Å². The highest BCUT2D eigenvalue weighted by molar-refractivity contribution is 5.71. The first-order chi connectivity index (χ1) is 36.0. The lowest BCUT2D eigenvalue weighted by Crippen LogP contribution is -2.30. The third-order valence-corrected chi connectivity index (χ3v) is 12.1. The van der Waals surface area contributed by atoms with Gasteiger partial charge in [0.2, 0.25) is 0 Å². The van der Waals surface area contributed by atoms with Gasteiger partial charge in [-0.05, 0) is 135 Å². The summed E-state index contributed by atoms with van der Waals surface area (Å²) in [5.41, 5.74) is 0. The highest BCUT2D eigenvalue weighted by Gasteiger charge is 2.19. The van der Waals surface area contributed by atoms with E-state index in [2.05, 4.69) is 154 Å². The second-order valence-corrected chi connectivity index (χ2v) is 19.1. The van der Waals surface area contributed by atoms with Crippen molar-refractivity contribution in [2.45, 2.75) is 258 Å². The van der Waals surface area contributed by atoms with Crippen LogP contribution in [0.3, 0.4) is 0 Å². The molecule has 0 amide bonds. The van der Waals surface area contributed by atoms with Crippen molar-refractivity contribution in [1.82, 2.24) is 0 Å². The summed E-state index contributed by atoms with van der Waals surface area (Å²) < 4.78 is 16.8. The molecule has 0 saturated heterocycles. The molecule has 0 bridgehead atoms. The molecule has 412 valence electrons. The van der Waals surface area contributed by atoms with E-state index in [1.807, 2.05) is 0 Å². The molecule has 0 aromatic heterocycles. The van der Waals surface area contributed by atoms with Crippen molar-refractivity contribution in [2.24, 2.45) is 0 Å². The topological polar surface area (TPSA) is 78.9 Å². The molecular formula is C67H108O6. The van der Waals surface area contributed by atoms with E-state index in [4.69, 9.17) is 14.2 Å². The SMILES string of the molecule is CC/C=C\C/C=C\C/C=C\C/C=C\C/C=C\CCCCCC(=O)O[C@H](COC(=O)CCCCCC/C=C\C/C=C\C/C=C\C/C=C\CC)COC(=O)CCCCCCCCCCC/C=C\C/C=C\CCCCC. The van der Waals surface area contributed by atoms with Crippen LogP contribution in [0, 0.1) is 0 Å². The fraction of sp³-hybridized carbons (Fsp3) is 0.627. The molecule has 0 aromatic carbocycles. The molecule has 0 heterocycles. The van der Waals surface area contributed by atoms with Gasteiger partial charge in [-0.3, -0.25) is 14.4 Å². The van der Waals surface area contributed by atoms with Gasteiger partial charge in [-0.25, -0.2) is 0 Å². The molecule has 0 spiro atoms. The van der Waals surface area contributed by atoms with Gasteiger partial charge in [0.15, 0.2) is 6.10 Å². The van der Waals surface area contributed by atoms with Gasteiger partial charge >= 0.3 is 17.9 Å². The predicted octanol–water partition coefficient (Wildman–Crippen LogP) is 20.2. The molecule has 1 atom stereocenters. The highest BCUT2D eigenvalue weighted by Crippen LogP contribution is 2.14. The Morgan fingerprint density at radius 1 is 0.288 bits per heavy atom. The van der Waals surface area contributed by atoms with Crippen molar-refractivity contribution in [3.8, 4) is 0 Å². The van der Waals surface area contributed by atoms with Gasteiger partial charge in [-0.1, -0.05) is 231 Å². The van der Waals surface area contributed by atoms with Crippen LogP contribution in [0.1, 0.15) is 252 Å². The molecule has 0 radical (unpaired) electrons. The van der Waals surface area contributed by atoms with Gasteiger partial charge in [0.1, 0.15) is 13.2 Å². The number of ether oxygens (including phenoxy) is 3. The molecule has 0 aliphatic rings. The zero-order chi connectivity index (χ0) is 52.9. The van der Waals surface area contributed by atoms with E-state index in [1.54, 1.807) is 0 Å². The largest absolute Gasteiger partial charge is 0.462 e. The van der Waals surface area contributed by atoms with Crippen molar-refractivity contribution in [3.05, 3.63) is 134 Å². The van der Waals surface area contributed by atoms with E-state index in [0.717, 1.165) is 135 Å². The zero-order valence-electron chi connectivity index (χ0n) is 47.1. The first kappa shape index (κ1) is 68.6. The predicted molar refractivity (Wildman–Crippen MR) is 316 cm³/mol. The van der Waals surface area contributed by atoms with Crippen LogP contribution < -0.4 is 0 Å².